The highest BCUT2D eigenvalue weighted by Crippen LogP contribution is 2.16. The zero-order chi connectivity index (χ0) is 13.7. The van der Waals surface area contributed by atoms with E-state index in [4.69, 9.17) is 5.11 Å². The quantitative estimate of drug-likeness (QED) is 0.760. The number of aryl methyl sites for hydroxylation is 1. The smallest absolute Gasteiger partial charge is 0.322 e. The van der Waals surface area contributed by atoms with Crippen LogP contribution < -0.4 is 10.6 Å². The van der Waals surface area contributed by atoms with E-state index in [2.05, 4.69) is 20.6 Å². The van der Waals surface area contributed by atoms with Crippen molar-refractivity contribution in [3.05, 3.63) is 42.2 Å². The van der Waals surface area contributed by atoms with Crippen LogP contribution in [0, 0.1) is 6.92 Å². The number of anilines is 3. The maximum atomic E-state index is 10.5. The summed E-state index contributed by atoms with van der Waals surface area (Å²) < 4.78 is 0. The molecule has 0 saturated carbocycles. The molecule has 0 bridgehead atoms. The van der Waals surface area contributed by atoms with Gasteiger partial charge in [0.25, 0.3) is 0 Å². The predicted octanol–water partition coefficient (Wildman–Crippen LogP) is 2.03. The minimum atomic E-state index is -0.938. The summed E-state index contributed by atoms with van der Waals surface area (Å²) in [5.41, 5.74) is 2.09. The van der Waals surface area contributed by atoms with Gasteiger partial charge >= 0.3 is 5.97 Å². The molecule has 6 heteroatoms. The Bertz CT molecular complexity index is 569. The predicted molar refractivity (Wildman–Crippen MR) is 72.6 cm³/mol. The molecule has 19 heavy (non-hydrogen) atoms. The summed E-state index contributed by atoms with van der Waals surface area (Å²) >= 11 is 0. The Morgan fingerprint density at radius 1 is 1.21 bits per heavy atom. The average Bonchev–Trinajstić information content (AvgIpc) is 2.40. The summed E-state index contributed by atoms with van der Waals surface area (Å²) in [4.78, 5) is 18.5. The number of nitrogens with zero attached hydrogens (tertiary/aromatic N) is 2. The molecule has 0 radical (unpaired) electrons. The maximum Gasteiger partial charge on any atom is 0.322 e. The third-order valence-electron chi connectivity index (χ3n) is 2.41. The third kappa shape index (κ3) is 3.95. The molecule has 1 aromatic carbocycles. The van der Waals surface area contributed by atoms with Crippen molar-refractivity contribution < 1.29 is 9.90 Å². The van der Waals surface area contributed by atoms with E-state index in [1.165, 1.54) is 11.9 Å². The van der Waals surface area contributed by atoms with Crippen LogP contribution in [0.15, 0.2) is 36.7 Å². The van der Waals surface area contributed by atoms with Gasteiger partial charge in [-0.3, -0.25) is 4.79 Å². The Hall–Kier alpha value is -2.63. The Morgan fingerprint density at radius 2 is 1.89 bits per heavy atom. The van der Waals surface area contributed by atoms with Gasteiger partial charge in [-0.25, -0.2) is 9.97 Å². The van der Waals surface area contributed by atoms with E-state index in [1.54, 1.807) is 6.07 Å². The molecule has 98 valence electrons. The average molecular weight is 258 g/mol. The van der Waals surface area contributed by atoms with Crippen LogP contribution in [0.5, 0.6) is 0 Å². The van der Waals surface area contributed by atoms with Crippen molar-refractivity contribution >= 4 is 23.3 Å². The largest absolute Gasteiger partial charge is 0.480 e. The highest BCUT2D eigenvalue weighted by Gasteiger charge is 2.01. The van der Waals surface area contributed by atoms with Gasteiger partial charge in [-0.05, 0) is 19.1 Å². The molecule has 1 aromatic heterocycles. The number of carbonyl (C=O) groups is 1. The van der Waals surface area contributed by atoms with Crippen molar-refractivity contribution in [2.24, 2.45) is 0 Å². The fourth-order valence-electron chi connectivity index (χ4n) is 1.47. The van der Waals surface area contributed by atoms with Crippen molar-refractivity contribution in [2.75, 3.05) is 17.2 Å². The van der Waals surface area contributed by atoms with Crippen molar-refractivity contribution in [3.8, 4) is 0 Å². The topological polar surface area (TPSA) is 87.1 Å². The summed E-state index contributed by atoms with van der Waals surface area (Å²) in [5, 5.41) is 14.4. The number of nitrogens with one attached hydrogen (secondary N) is 2. The molecule has 0 unspecified atom stereocenters. The SMILES string of the molecule is Cc1ccc(Nc2cc(NCC(=O)O)ncn2)cc1. The van der Waals surface area contributed by atoms with Gasteiger partial charge in [-0.15, -0.1) is 0 Å². The normalized spacial score (nSPS) is 9.95. The number of rotatable bonds is 5. The zero-order valence-corrected chi connectivity index (χ0v) is 10.4. The van der Waals surface area contributed by atoms with Crippen molar-refractivity contribution in [1.82, 2.24) is 9.97 Å². The molecule has 0 saturated heterocycles. The highest BCUT2D eigenvalue weighted by molar-refractivity contribution is 5.72. The van der Waals surface area contributed by atoms with Gasteiger partial charge in [0.1, 0.15) is 24.5 Å². The van der Waals surface area contributed by atoms with Crippen molar-refractivity contribution in [3.63, 3.8) is 0 Å². The van der Waals surface area contributed by atoms with Gasteiger partial charge in [0.05, 0.1) is 0 Å². The Morgan fingerprint density at radius 3 is 2.58 bits per heavy atom. The van der Waals surface area contributed by atoms with E-state index in [9.17, 15) is 4.79 Å². The molecule has 3 N–H and O–H groups in total. The van der Waals surface area contributed by atoms with Gasteiger partial charge in [0.2, 0.25) is 0 Å². The van der Waals surface area contributed by atoms with E-state index < -0.39 is 5.97 Å². The van der Waals surface area contributed by atoms with Crippen LogP contribution >= 0.6 is 0 Å². The summed E-state index contributed by atoms with van der Waals surface area (Å²) in [6.07, 6.45) is 1.38. The summed E-state index contributed by atoms with van der Waals surface area (Å²) in [7, 11) is 0. The molecule has 0 fully saturated rings. The third-order valence-corrected chi connectivity index (χ3v) is 2.41. The first-order chi connectivity index (χ1) is 9.13. The summed E-state index contributed by atoms with van der Waals surface area (Å²) in [6.45, 7) is 1.84. The standard InChI is InChI=1S/C13H14N4O2/c1-9-2-4-10(5-3-9)17-12-6-11(15-8-16-12)14-7-13(18)19/h2-6,8H,7H2,1H3,(H,18,19)(H2,14,15,16,17). The van der Waals surface area contributed by atoms with Crippen LogP contribution in [0.1, 0.15) is 5.56 Å². The zero-order valence-electron chi connectivity index (χ0n) is 10.4. The molecule has 0 aliphatic rings. The molecule has 0 spiro atoms. The molecular weight excluding hydrogens is 244 g/mol. The first-order valence-corrected chi connectivity index (χ1v) is 5.75. The monoisotopic (exact) mass is 258 g/mol. The number of carboxylic acid groups (broad SMARTS) is 1. The number of aromatic nitrogens is 2. The van der Waals surface area contributed by atoms with Crippen molar-refractivity contribution in [2.45, 2.75) is 6.92 Å². The second-order valence-electron chi connectivity index (χ2n) is 4.03. The van der Waals surface area contributed by atoms with Gasteiger partial charge in [-0.1, -0.05) is 17.7 Å². The van der Waals surface area contributed by atoms with Crippen LogP contribution in [-0.2, 0) is 4.79 Å². The highest BCUT2D eigenvalue weighted by atomic mass is 16.4. The molecule has 0 atom stereocenters. The molecule has 1 heterocycles. The van der Waals surface area contributed by atoms with Gasteiger partial charge in [-0.2, -0.15) is 0 Å². The first kappa shape index (κ1) is 12.8. The van der Waals surface area contributed by atoms with E-state index in [1.807, 2.05) is 31.2 Å². The number of benzene rings is 1. The van der Waals surface area contributed by atoms with E-state index in [0.29, 0.717) is 11.6 Å². The van der Waals surface area contributed by atoms with Crippen LogP contribution in [0.3, 0.4) is 0 Å². The van der Waals surface area contributed by atoms with Crippen LogP contribution in [0.2, 0.25) is 0 Å². The molecule has 0 amide bonds. The molecular formula is C13H14N4O2. The van der Waals surface area contributed by atoms with Crippen LogP contribution in [-0.4, -0.2) is 27.6 Å². The molecule has 2 aromatic rings. The molecule has 0 aliphatic carbocycles. The fraction of sp³-hybridized carbons (Fsp3) is 0.154. The lowest BCUT2D eigenvalue weighted by Crippen LogP contribution is -2.13. The van der Waals surface area contributed by atoms with E-state index in [0.717, 1.165) is 5.69 Å². The molecule has 0 aliphatic heterocycles. The minimum Gasteiger partial charge on any atom is -0.480 e. The van der Waals surface area contributed by atoms with E-state index >= 15 is 0 Å². The lowest BCUT2D eigenvalue weighted by molar-refractivity contribution is -0.134. The van der Waals surface area contributed by atoms with E-state index in [-0.39, 0.29) is 6.54 Å². The maximum absolute atomic E-state index is 10.5. The number of hydrogen-bond donors (Lipinski definition) is 3. The lowest BCUT2D eigenvalue weighted by Gasteiger charge is -2.07. The van der Waals surface area contributed by atoms with Crippen LogP contribution in [0.4, 0.5) is 17.3 Å². The molecule has 6 nitrogen and oxygen atoms in total. The van der Waals surface area contributed by atoms with Crippen LogP contribution in [0.25, 0.3) is 0 Å². The number of carboxylic acids is 1. The van der Waals surface area contributed by atoms with Gasteiger partial charge in [0, 0.05) is 11.8 Å². The Kier molecular flexibility index (Phi) is 3.92. The van der Waals surface area contributed by atoms with Crippen molar-refractivity contribution in [1.29, 1.82) is 0 Å². The second kappa shape index (κ2) is 5.81. The minimum absolute atomic E-state index is 0.180. The fourth-order valence-corrected chi connectivity index (χ4v) is 1.47. The van der Waals surface area contributed by atoms with Gasteiger partial charge in [0.15, 0.2) is 0 Å². The number of hydrogen-bond acceptors (Lipinski definition) is 5. The van der Waals surface area contributed by atoms with Gasteiger partial charge < -0.3 is 15.7 Å². The lowest BCUT2D eigenvalue weighted by atomic mass is 10.2. The summed E-state index contributed by atoms with van der Waals surface area (Å²) in [6, 6.07) is 9.53. The Labute approximate surface area is 110 Å². The second-order valence-corrected chi connectivity index (χ2v) is 4.03. The summed E-state index contributed by atoms with van der Waals surface area (Å²) in [5.74, 6) is 0.130. The number of aliphatic carboxylic acids is 1. The molecule has 2 rings (SSSR count). The first-order valence-electron chi connectivity index (χ1n) is 5.75. The Balaban J connectivity index is 2.06.